The lowest BCUT2D eigenvalue weighted by atomic mass is 10.0. The number of nitro benzene ring substituents is 1. The van der Waals surface area contributed by atoms with Gasteiger partial charge in [0.1, 0.15) is 11.4 Å². The van der Waals surface area contributed by atoms with Crippen LogP contribution in [0.15, 0.2) is 48.8 Å². The molecular weight excluding hydrogens is 470 g/mol. The Morgan fingerprint density at radius 2 is 2.03 bits per heavy atom. The van der Waals surface area contributed by atoms with E-state index in [1.807, 2.05) is 37.0 Å². The molecule has 10 nitrogen and oxygen atoms in total. The highest BCUT2D eigenvalue weighted by Gasteiger charge is 2.23. The number of anilines is 3. The number of aromatic nitrogens is 3. The van der Waals surface area contributed by atoms with Crippen molar-refractivity contribution in [3.63, 3.8) is 0 Å². The summed E-state index contributed by atoms with van der Waals surface area (Å²) in [5.41, 5.74) is 5.35. The van der Waals surface area contributed by atoms with E-state index in [1.165, 1.54) is 22.5 Å². The van der Waals surface area contributed by atoms with Gasteiger partial charge >= 0.3 is 0 Å². The van der Waals surface area contributed by atoms with Gasteiger partial charge in [-0.15, -0.1) is 0 Å². The van der Waals surface area contributed by atoms with E-state index in [9.17, 15) is 10.1 Å². The third-order valence-corrected chi connectivity index (χ3v) is 6.79. The number of methoxy groups -OCH3 is 1. The molecule has 5 rings (SSSR count). The number of nitro groups is 1. The molecule has 2 aromatic heterocycles. The first kappa shape index (κ1) is 24.5. The van der Waals surface area contributed by atoms with E-state index in [0.29, 0.717) is 29.6 Å². The SMILES string of the molecule is COc1cc(N(C)CCN(C)C)c([N+](=O)[O-])cc1Nc1nccc(-c2cn3c4c(cccc24)CCC3)n1. The van der Waals surface area contributed by atoms with Crippen molar-refractivity contribution in [1.82, 2.24) is 19.4 Å². The molecule has 0 saturated carbocycles. The summed E-state index contributed by atoms with van der Waals surface area (Å²) in [4.78, 5) is 24.6. The van der Waals surface area contributed by atoms with Crippen LogP contribution in [-0.2, 0) is 13.0 Å². The molecule has 1 aliphatic rings. The molecule has 37 heavy (non-hydrogen) atoms. The van der Waals surface area contributed by atoms with Crippen molar-refractivity contribution < 1.29 is 9.66 Å². The minimum absolute atomic E-state index is 0.0188. The molecule has 3 heterocycles. The summed E-state index contributed by atoms with van der Waals surface area (Å²) in [6, 6.07) is 11.5. The smallest absolute Gasteiger partial charge is 0.294 e. The number of aryl methyl sites for hydroxylation is 2. The monoisotopic (exact) mass is 501 g/mol. The van der Waals surface area contributed by atoms with Crippen molar-refractivity contribution in [3.8, 4) is 17.0 Å². The van der Waals surface area contributed by atoms with Crippen LogP contribution >= 0.6 is 0 Å². The predicted octanol–water partition coefficient (Wildman–Crippen LogP) is 4.70. The maximum absolute atomic E-state index is 12.0. The van der Waals surface area contributed by atoms with Crippen LogP contribution in [0.1, 0.15) is 12.0 Å². The lowest BCUT2D eigenvalue weighted by Gasteiger charge is -2.22. The number of ether oxygens (including phenoxy) is 1. The molecule has 0 spiro atoms. The lowest BCUT2D eigenvalue weighted by Crippen LogP contribution is -2.28. The average Bonchev–Trinajstić information content (AvgIpc) is 3.28. The fourth-order valence-corrected chi connectivity index (χ4v) is 4.90. The highest BCUT2D eigenvalue weighted by molar-refractivity contribution is 5.97. The van der Waals surface area contributed by atoms with Gasteiger partial charge in [0, 0.05) is 62.2 Å². The Labute approximate surface area is 215 Å². The number of nitrogens with one attached hydrogen (secondary N) is 1. The van der Waals surface area contributed by atoms with Crippen molar-refractivity contribution in [1.29, 1.82) is 0 Å². The van der Waals surface area contributed by atoms with Gasteiger partial charge in [-0.05, 0) is 38.6 Å². The van der Waals surface area contributed by atoms with Crippen LogP contribution in [0.4, 0.5) is 23.0 Å². The largest absolute Gasteiger partial charge is 0.494 e. The zero-order valence-electron chi connectivity index (χ0n) is 21.6. The van der Waals surface area contributed by atoms with E-state index in [2.05, 4.69) is 39.3 Å². The first-order valence-electron chi connectivity index (χ1n) is 12.3. The van der Waals surface area contributed by atoms with Gasteiger partial charge < -0.3 is 24.4 Å². The molecule has 10 heteroatoms. The fraction of sp³-hybridized carbons (Fsp3) is 0.333. The zero-order chi connectivity index (χ0) is 26.1. The van der Waals surface area contributed by atoms with Gasteiger partial charge in [-0.3, -0.25) is 10.1 Å². The molecule has 1 aliphatic heterocycles. The number of rotatable bonds is 9. The summed E-state index contributed by atoms with van der Waals surface area (Å²) in [6.07, 6.45) is 6.05. The number of benzene rings is 2. The van der Waals surface area contributed by atoms with Crippen LogP contribution in [0.3, 0.4) is 0 Å². The number of nitrogens with zero attached hydrogens (tertiary/aromatic N) is 6. The summed E-state index contributed by atoms with van der Waals surface area (Å²) in [5, 5.41) is 16.3. The summed E-state index contributed by atoms with van der Waals surface area (Å²) in [7, 11) is 7.31. The Hall–Kier alpha value is -4.18. The molecule has 0 aliphatic carbocycles. The molecule has 2 aromatic carbocycles. The topological polar surface area (TPSA) is 102 Å². The molecule has 192 valence electrons. The average molecular weight is 502 g/mol. The Balaban J connectivity index is 1.50. The second-order valence-corrected chi connectivity index (χ2v) is 9.57. The van der Waals surface area contributed by atoms with E-state index in [-0.39, 0.29) is 10.6 Å². The molecule has 0 amide bonds. The molecule has 0 radical (unpaired) electrons. The third-order valence-electron chi connectivity index (χ3n) is 6.79. The van der Waals surface area contributed by atoms with Gasteiger partial charge in [-0.25, -0.2) is 9.97 Å². The van der Waals surface area contributed by atoms with Crippen LogP contribution in [-0.4, -0.2) is 65.7 Å². The maximum atomic E-state index is 12.0. The van der Waals surface area contributed by atoms with Gasteiger partial charge in [-0.2, -0.15) is 0 Å². The van der Waals surface area contributed by atoms with Crippen LogP contribution in [0.25, 0.3) is 22.2 Å². The van der Waals surface area contributed by atoms with Crippen molar-refractivity contribution in [2.24, 2.45) is 0 Å². The third kappa shape index (κ3) is 4.79. The zero-order valence-corrected chi connectivity index (χ0v) is 21.6. The molecule has 0 unspecified atom stereocenters. The van der Waals surface area contributed by atoms with Gasteiger partial charge in [-0.1, -0.05) is 18.2 Å². The van der Waals surface area contributed by atoms with Crippen LogP contribution < -0.4 is 15.0 Å². The second kappa shape index (κ2) is 10.1. The Bertz CT molecular complexity index is 1460. The first-order chi connectivity index (χ1) is 17.9. The van der Waals surface area contributed by atoms with E-state index in [4.69, 9.17) is 9.72 Å². The predicted molar refractivity (Wildman–Crippen MR) is 146 cm³/mol. The number of para-hydroxylation sites is 1. The van der Waals surface area contributed by atoms with Crippen LogP contribution in [0, 0.1) is 10.1 Å². The Kier molecular flexibility index (Phi) is 6.66. The van der Waals surface area contributed by atoms with Crippen molar-refractivity contribution >= 4 is 33.9 Å². The van der Waals surface area contributed by atoms with E-state index in [0.717, 1.165) is 37.2 Å². The van der Waals surface area contributed by atoms with Gasteiger partial charge in [0.15, 0.2) is 0 Å². The minimum Gasteiger partial charge on any atom is -0.494 e. The van der Waals surface area contributed by atoms with Crippen molar-refractivity contribution in [2.45, 2.75) is 19.4 Å². The minimum atomic E-state index is -0.378. The molecule has 0 bridgehead atoms. The Morgan fingerprint density at radius 1 is 1.19 bits per heavy atom. The molecule has 4 aromatic rings. The summed E-state index contributed by atoms with van der Waals surface area (Å²) in [5.74, 6) is 0.809. The highest BCUT2D eigenvalue weighted by atomic mass is 16.6. The molecule has 0 fully saturated rings. The van der Waals surface area contributed by atoms with E-state index in [1.54, 1.807) is 19.4 Å². The first-order valence-corrected chi connectivity index (χ1v) is 12.3. The standard InChI is InChI=1S/C27H31N7O3/c1-31(2)13-14-32(3)23-16-25(37-4)22(15-24(23)34(35)36)30-27-28-11-10-21(29-27)20-17-33-12-6-8-18-7-5-9-19(20)26(18)33/h5,7,9-11,15-17H,6,8,12-14H2,1-4H3,(H,28,29,30). The van der Waals surface area contributed by atoms with E-state index >= 15 is 0 Å². The van der Waals surface area contributed by atoms with Crippen LogP contribution in [0.5, 0.6) is 5.75 Å². The maximum Gasteiger partial charge on any atom is 0.294 e. The van der Waals surface area contributed by atoms with Gasteiger partial charge in [0.2, 0.25) is 5.95 Å². The molecule has 1 N–H and O–H groups in total. The Morgan fingerprint density at radius 3 is 2.78 bits per heavy atom. The summed E-state index contributed by atoms with van der Waals surface area (Å²) in [6.45, 7) is 2.37. The van der Waals surface area contributed by atoms with Crippen LogP contribution in [0.2, 0.25) is 0 Å². The summed E-state index contributed by atoms with van der Waals surface area (Å²) >= 11 is 0. The number of likely N-dealkylation sites (N-methyl/N-ethyl adjacent to an activating group) is 2. The molecular formula is C27H31N7O3. The summed E-state index contributed by atoms with van der Waals surface area (Å²) < 4.78 is 7.90. The van der Waals surface area contributed by atoms with Crippen molar-refractivity contribution in [2.75, 3.05) is 51.6 Å². The molecule has 0 saturated heterocycles. The highest BCUT2D eigenvalue weighted by Crippen LogP contribution is 2.39. The quantitative estimate of drug-likeness (QED) is 0.260. The lowest BCUT2D eigenvalue weighted by molar-refractivity contribution is -0.384. The number of hydrogen-bond donors (Lipinski definition) is 1. The van der Waals surface area contributed by atoms with E-state index < -0.39 is 0 Å². The fourth-order valence-electron chi connectivity index (χ4n) is 4.90. The van der Waals surface area contributed by atoms with Gasteiger partial charge in [0.05, 0.1) is 28.9 Å². The number of hydrogen-bond acceptors (Lipinski definition) is 8. The molecule has 0 atom stereocenters. The normalized spacial score (nSPS) is 12.7. The second-order valence-electron chi connectivity index (χ2n) is 9.57. The van der Waals surface area contributed by atoms with Crippen molar-refractivity contribution in [3.05, 3.63) is 64.5 Å². The van der Waals surface area contributed by atoms with Gasteiger partial charge in [0.25, 0.3) is 5.69 Å².